The van der Waals surface area contributed by atoms with Gasteiger partial charge in [-0.3, -0.25) is 4.79 Å². The molecule has 24 heavy (non-hydrogen) atoms. The average molecular weight is 327 g/mol. The largest absolute Gasteiger partial charge is 0.489 e. The summed E-state index contributed by atoms with van der Waals surface area (Å²) in [5.74, 6) is -0.104. The number of hydrogen-bond acceptors (Lipinski definition) is 4. The molecule has 128 valence electrons. The first kappa shape index (κ1) is 18.0. The molecular formula is C20H25NO3. The van der Waals surface area contributed by atoms with E-state index >= 15 is 0 Å². The van der Waals surface area contributed by atoms with Crippen LogP contribution in [-0.4, -0.2) is 18.1 Å². The molecular weight excluding hydrogens is 302 g/mol. The quantitative estimate of drug-likeness (QED) is 0.823. The summed E-state index contributed by atoms with van der Waals surface area (Å²) in [4.78, 5) is 12.3. The van der Waals surface area contributed by atoms with Crippen molar-refractivity contribution in [3.05, 3.63) is 65.7 Å². The summed E-state index contributed by atoms with van der Waals surface area (Å²) >= 11 is 0. The maximum atomic E-state index is 12.3. The molecule has 0 saturated carbocycles. The van der Waals surface area contributed by atoms with Gasteiger partial charge in [-0.1, -0.05) is 42.5 Å². The third-order valence-electron chi connectivity index (χ3n) is 3.44. The van der Waals surface area contributed by atoms with E-state index in [-0.39, 0.29) is 12.5 Å². The Morgan fingerprint density at radius 2 is 1.79 bits per heavy atom. The highest BCUT2D eigenvalue weighted by Gasteiger charge is 2.25. The fourth-order valence-corrected chi connectivity index (χ4v) is 2.30. The Bertz CT molecular complexity index is 662. The lowest BCUT2D eigenvalue weighted by molar-refractivity contribution is -0.156. The minimum absolute atomic E-state index is 0.192. The van der Waals surface area contributed by atoms with E-state index in [1.54, 1.807) is 0 Å². The van der Waals surface area contributed by atoms with Crippen LogP contribution in [0.5, 0.6) is 5.75 Å². The van der Waals surface area contributed by atoms with Crippen molar-refractivity contribution < 1.29 is 14.3 Å². The molecule has 2 rings (SSSR count). The molecule has 0 aliphatic rings. The van der Waals surface area contributed by atoms with Gasteiger partial charge in [0.25, 0.3) is 0 Å². The molecule has 2 aromatic carbocycles. The lowest BCUT2D eigenvalue weighted by Crippen LogP contribution is -2.31. The highest BCUT2D eigenvalue weighted by molar-refractivity contribution is 5.79. The Kier molecular flexibility index (Phi) is 5.99. The topological polar surface area (TPSA) is 61.5 Å². The lowest BCUT2D eigenvalue weighted by Gasteiger charge is -2.23. The number of hydrogen-bond donors (Lipinski definition) is 1. The molecule has 0 aliphatic heterocycles. The van der Waals surface area contributed by atoms with Crippen LogP contribution in [0.15, 0.2) is 54.6 Å². The van der Waals surface area contributed by atoms with E-state index in [4.69, 9.17) is 15.2 Å². The van der Waals surface area contributed by atoms with Crippen LogP contribution in [0.1, 0.15) is 37.8 Å². The number of carbonyl (C=O) groups excluding carboxylic acids is 1. The Morgan fingerprint density at radius 1 is 1.08 bits per heavy atom. The van der Waals surface area contributed by atoms with Gasteiger partial charge in [-0.05, 0) is 44.0 Å². The average Bonchev–Trinajstić information content (AvgIpc) is 2.53. The minimum atomic E-state index is -0.536. The van der Waals surface area contributed by atoms with Gasteiger partial charge in [-0.2, -0.15) is 0 Å². The molecule has 4 nitrogen and oxygen atoms in total. The molecule has 0 aliphatic carbocycles. The normalized spacial score (nSPS) is 12.5. The van der Waals surface area contributed by atoms with Gasteiger partial charge in [0.2, 0.25) is 0 Å². The monoisotopic (exact) mass is 327 g/mol. The maximum absolute atomic E-state index is 12.3. The molecule has 0 aromatic heterocycles. The number of benzene rings is 2. The third kappa shape index (κ3) is 5.39. The molecule has 1 unspecified atom stereocenters. The number of rotatable bonds is 6. The summed E-state index contributed by atoms with van der Waals surface area (Å²) in [6.07, 6.45) is 0. The van der Waals surface area contributed by atoms with Crippen LogP contribution in [-0.2, 0) is 16.1 Å². The van der Waals surface area contributed by atoms with E-state index in [0.29, 0.717) is 12.4 Å². The summed E-state index contributed by atoms with van der Waals surface area (Å²) < 4.78 is 11.3. The van der Waals surface area contributed by atoms with E-state index in [2.05, 4.69) is 0 Å². The first-order valence-corrected chi connectivity index (χ1v) is 8.08. The van der Waals surface area contributed by atoms with E-state index in [9.17, 15) is 4.79 Å². The van der Waals surface area contributed by atoms with Crippen LogP contribution in [0.25, 0.3) is 0 Å². The fourth-order valence-electron chi connectivity index (χ4n) is 2.30. The Morgan fingerprint density at radius 3 is 2.42 bits per heavy atom. The molecule has 0 radical (unpaired) electrons. The Hall–Kier alpha value is -2.33. The van der Waals surface area contributed by atoms with Crippen LogP contribution in [0.2, 0.25) is 0 Å². The van der Waals surface area contributed by atoms with Crippen LogP contribution in [0.4, 0.5) is 0 Å². The molecule has 0 saturated heterocycles. The minimum Gasteiger partial charge on any atom is -0.489 e. The van der Waals surface area contributed by atoms with Gasteiger partial charge in [0.15, 0.2) is 0 Å². The molecule has 2 aromatic rings. The number of carbonyl (C=O) groups is 1. The van der Waals surface area contributed by atoms with E-state index in [0.717, 1.165) is 11.1 Å². The van der Waals surface area contributed by atoms with Crippen LogP contribution in [0, 0.1) is 0 Å². The van der Waals surface area contributed by atoms with Gasteiger partial charge in [-0.25, -0.2) is 0 Å². The summed E-state index contributed by atoms with van der Waals surface area (Å²) in [5, 5.41) is 0. The van der Waals surface area contributed by atoms with Crippen molar-refractivity contribution in [1.82, 2.24) is 0 Å². The van der Waals surface area contributed by atoms with Gasteiger partial charge < -0.3 is 15.2 Å². The molecule has 0 fully saturated rings. The predicted molar refractivity (Wildman–Crippen MR) is 94.9 cm³/mol. The van der Waals surface area contributed by atoms with Gasteiger partial charge >= 0.3 is 5.97 Å². The van der Waals surface area contributed by atoms with Crippen molar-refractivity contribution in [3.63, 3.8) is 0 Å². The number of esters is 1. The van der Waals surface area contributed by atoms with Crippen molar-refractivity contribution >= 4 is 5.97 Å². The van der Waals surface area contributed by atoms with Crippen molar-refractivity contribution in [2.24, 2.45) is 5.73 Å². The smallest absolute Gasteiger partial charge is 0.315 e. The maximum Gasteiger partial charge on any atom is 0.315 e. The second-order valence-electron chi connectivity index (χ2n) is 6.67. The summed E-state index contributed by atoms with van der Waals surface area (Å²) in [7, 11) is 0. The van der Waals surface area contributed by atoms with Crippen molar-refractivity contribution in [2.75, 3.05) is 6.54 Å². The number of nitrogens with two attached hydrogens (primary N) is 1. The van der Waals surface area contributed by atoms with Crippen LogP contribution in [0.3, 0.4) is 0 Å². The zero-order valence-corrected chi connectivity index (χ0v) is 14.5. The molecule has 0 amide bonds. The molecule has 0 spiro atoms. The standard InChI is InChI=1S/C20H25NO3/c1-20(2,3)24-19(22)18(13-21)16-10-7-11-17(12-16)23-14-15-8-5-4-6-9-15/h4-12,18H,13-14,21H2,1-3H3. The van der Waals surface area contributed by atoms with Gasteiger partial charge in [0.1, 0.15) is 18.0 Å². The highest BCUT2D eigenvalue weighted by atomic mass is 16.6. The van der Waals surface area contributed by atoms with E-state index in [1.165, 1.54) is 0 Å². The molecule has 0 heterocycles. The van der Waals surface area contributed by atoms with Crippen LogP contribution >= 0.6 is 0 Å². The van der Waals surface area contributed by atoms with Gasteiger partial charge in [0.05, 0.1) is 5.92 Å². The predicted octanol–water partition coefficient (Wildman–Crippen LogP) is 3.65. The summed E-state index contributed by atoms with van der Waals surface area (Å²) in [6.45, 7) is 6.20. The highest BCUT2D eigenvalue weighted by Crippen LogP contribution is 2.24. The second-order valence-corrected chi connectivity index (χ2v) is 6.67. The summed E-state index contributed by atoms with van der Waals surface area (Å²) in [6, 6.07) is 17.4. The van der Waals surface area contributed by atoms with E-state index < -0.39 is 11.5 Å². The fraction of sp³-hybridized carbons (Fsp3) is 0.350. The molecule has 1 atom stereocenters. The lowest BCUT2D eigenvalue weighted by atomic mass is 9.99. The zero-order valence-electron chi connectivity index (χ0n) is 14.5. The molecule has 0 bridgehead atoms. The van der Waals surface area contributed by atoms with Crippen LogP contribution < -0.4 is 10.5 Å². The van der Waals surface area contributed by atoms with Crippen molar-refractivity contribution in [2.45, 2.75) is 38.9 Å². The SMILES string of the molecule is CC(C)(C)OC(=O)C(CN)c1cccc(OCc2ccccc2)c1. The third-order valence-corrected chi connectivity index (χ3v) is 3.44. The van der Waals surface area contributed by atoms with Gasteiger partial charge in [-0.15, -0.1) is 0 Å². The zero-order chi connectivity index (χ0) is 17.6. The second kappa shape index (κ2) is 7.97. The van der Waals surface area contributed by atoms with Crippen molar-refractivity contribution in [3.8, 4) is 5.75 Å². The molecule has 4 heteroatoms. The summed E-state index contributed by atoms with van der Waals surface area (Å²) in [5.41, 5.74) is 7.15. The van der Waals surface area contributed by atoms with Gasteiger partial charge in [0, 0.05) is 6.54 Å². The Labute approximate surface area is 143 Å². The van der Waals surface area contributed by atoms with E-state index in [1.807, 2.05) is 75.4 Å². The van der Waals surface area contributed by atoms with Crippen molar-refractivity contribution in [1.29, 1.82) is 0 Å². The molecule has 2 N–H and O–H groups in total. The first-order valence-electron chi connectivity index (χ1n) is 8.08. The first-order chi connectivity index (χ1) is 11.4. The Balaban J connectivity index is 2.08. The number of ether oxygens (including phenoxy) is 2.